The zero-order chi connectivity index (χ0) is 19.4. The Labute approximate surface area is 160 Å². The molecule has 0 amide bonds. The molecular formula is C22H28N2O3. The molecule has 1 aromatic carbocycles. The van der Waals surface area contributed by atoms with Gasteiger partial charge in [0, 0.05) is 11.6 Å². The fourth-order valence-corrected chi connectivity index (χ4v) is 3.31. The van der Waals surface area contributed by atoms with Gasteiger partial charge in [-0.25, -0.2) is 4.98 Å². The van der Waals surface area contributed by atoms with Crippen molar-refractivity contribution in [1.82, 2.24) is 9.55 Å². The fraction of sp³-hybridized carbons (Fsp3) is 0.409. The van der Waals surface area contributed by atoms with Gasteiger partial charge in [-0.2, -0.15) is 0 Å². The lowest BCUT2D eigenvalue weighted by Crippen LogP contribution is -2.18. The highest BCUT2D eigenvalue weighted by atomic mass is 16.4. The normalized spacial score (nSPS) is 13.1. The lowest BCUT2D eigenvalue weighted by Gasteiger charge is -2.20. The first-order chi connectivity index (χ1) is 12.9. The Morgan fingerprint density at radius 1 is 1.15 bits per heavy atom. The third-order valence-corrected chi connectivity index (χ3v) is 4.78. The van der Waals surface area contributed by atoms with E-state index in [9.17, 15) is 10.2 Å². The number of imidazole rings is 1. The molecule has 3 aromatic rings. The molecule has 0 aliphatic heterocycles. The number of aromatic nitrogens is 2. The van der Waals surface area contributed by atoms with Gasteiger partial charge < -0.3 is 19.2 Å². The monoisotopic (exact) mass is 368 g/mol. The molecule has 0 bridgehead atoms. The van der Waals surface area contributed by atoms with Crippen LogP contribution in [0.2, 0.25) is 0 Å². The fourth-order valence-electron chi connectivity index (χ4n) is 3.31. The number of hydrogen-bond acceptors (Lipinski definition) is 4. The van der Waals surface area contributed by atoms with Crippen LogP contribution in [0.4, 0.5) is 0 Å². The van der Waals surface area contributed by atoms with Crippen molar-refractivity contribution in [2.75, 3.05) is 0 Å². The van der Waals surface area contributed by atoms with Gasteiger partial charge in [0.25, 0.3) is 0 Å². The molecule has 5 heteroatoms. The van der Waals surface area contributed by atoms with Gasteiger partial charge in [0.2, 0.25) is 0 Å². The molecule has 0 aliphatic rings. The molecule has 2 heterocycles. The van der Waals surface area contributed by atoms with E-state index < -0.39 is 5.60 Å². The Kier molecular flexibility index (Phi) is 5.82. The molecule has 0 fully saturated rings. The van der Waals surface area contributed by atoms with E-state index >= 15 is 0 Å². The second-order valence-corrected chi connectivity index (χ2v) is 7.69. The number of nitrogens with zero attached hydrogens (tertiary/aromatic N) is 2. The van der Waals surface area contributed by atoms with E-state index in [1.165, 1.54) is 0 Å². The van der Waals surface area contributed by atoms with Crippen molar-refractivity contribution in [3.63, 3.8) is 0 Å². The minimum Gasteiger partial charge on any atom is -0.457 e. The third kappa shape index (κ3) is 4.67. The number of aliphatic hydroxyl groups is 2. The number of aliphatic hydroxyl groups excluding tert-OH is 1. The van der Waals surface area contributed by atoms with Crippen LogP contribution < -0.4 is 0 Å². The van der Waals surface area contributed by atoms with E-state index in [0.29, 0.717) is 11.5 Å². The van der Waals surface area contributed by atoms with Crippen LogP contribution in [-0.2, 0) is 6.61 Å². The predicted molar refractivity (Wildman–Crippen MR) is 106 cm³/mol. The van der Waals surface area contributed by atoms with Crippen LogP contribution in [0.25, 0.3) is 22.7 Å². The van der Waals surface area contributed by atoms with Crippen LogP contribution in [0.15, 0.2) is 53.2 Å². The molecule has 1 unspecified atom stereocenters. The summed E-state index contributed by atoms with van der Waals surface area (Å²) in [6.07, 6.45) is 4.45. The SMILES string of the molecule is CC(CCCC(C)(C)O)n1cnc(-c2ccccc2)c1-c1ccc(CO)o1. The maximum atomic E-state index is 9.96. The summed E-state index contributed by atoms with van der Waals surface area (Å²) in [7, 11) is 0. The first kappa shape index (κ1) is 19.4. The standard InChI is InChI=1S/C22H28N2O3/c1-16(8-7-13-22(2,3)26)24-15-23-20(17-9-5-4-6-10-17)21(24)19-12-11-18(14-25)27-19/h4-6,9-12,15-16,25-26H,7-8,13-14H2,1-3H3. The predicted octanol–water partition coefficient (Wildman–Crippen LogP) is 4.80. The number of benzene rings is 1. The van der Waals surface area contributed by atoms with Crippen molar-refractivity contribution in [2.45, 2.75) is 58.3 Å². The van der Waals surface area contributed by atoms with Gasteiger partial charge >= 0.3 is 0 Å². The molecule has 27 heavy (non-hydrogen) atoms. The summed E-state index contributed by atoms with van der Waals surface area (Å²) in [4.78, 5) is 4.67. The van der Waals surface area contributed by atoms with Gasteiger partial charge in [-0.15, -0.1) is 0 Å². The average Bonchev–Trinajstić information content (AvgIpc) is 3.27. The van der Waals surface area contributed by atoms with Crippen LogP contribution in [0.3, 0.4) is 0 Å². The summed E-state index contributed by atoms with van der Waals surface area (Å²) in [6.45, 7) is 5.70. The van der Waals surface area contributed by atoms with Crippen molar-refractivity contribution in [1.29, 1.82) is 0 Å². The quantitative estimate of drug-likeness (QED) is 0.599. The van der Waals surface area contributed by atoms with Crippen molar-refractivity contribution >= 4 is 0 Å². The minimum atomic E-state index is -0.649. The van der Waals surface area contributed by atoms with E-state index in [1.807, 2.05) is 56.6 Å². The average molecular weight is 368 g/mol. The number of hydrogen-bond donors (Lipinski definition) is 2. The van der Waals surface area contributed by atoms with Gasteiger partial charge in [-0.3, -0.25) is 0 Å². The van der Waals surface area contributed by atoms with Crippen LogP contribution in [0.1, 0.15) is 51.8 Å². The number of furan rings is 1. The smallest absolute Gasteiger partial charge is 0.153 e. The Bertz CT molecular complexity index is 859. The molecular weight excluding hydrogens is 340 g/mol. The molecule has 0 saturated carbocycles. The summed E-state index contributed by atoms with van der Waals surface area (Å²) in [5.74, 6) is 1.23. The van der Waals surface area contributed by atoms with Gasteiger partial charge in [0.15, 0.2) is 5.76 Å². The molecule has 144 valence electrons. The first-order valence-electron chi connectivity index (χ1n) is 9.43. The van der Waals surface area contributed by atoms with Crippen molar-refractivity contribution < 1.29 is 14.6 Å². The van der Waals surface area contributed by atoms with E-state index in [4.69, 9.17) is 4.42 Å². The van der Waals surface area contributed by atoms with Crippen molar-refractivity contribution in [3.05, 3.63) is 54.6 Å². The van der Waals surface area contributed by atoms with E-state index in [1.54, 1.807) is 6.07 Å². The topological polar surface area (TPSA) is 71.4 Å². The first-order valence-corrected chi connectivity index (χ1v) is 9.43. The second kappa shape index (κ2) is 8.11. The van der Waals surface area contributed by atoms with Crippen LogP contribution in [0, 0.1) is 0 Å². The molecule has 3 rings (SSSR count). The Morgan fingerprint density at radius 2 is 1.89 bits per heavy atom. The molecule has 1 atom stereocenters. The summed E-state index contributed by atoms with van der Waals surface area (Å²) in [5, 5.41) is 19.3. The Balaban J connectivity index is 1.95. The molecule has 0 spiro atoms. The minimum absolute atomic E-state index is 0.129. The summed E-state index contributed by atoms with van der Waals surface area (Å²) < 4.78 is 7.97. The maximum absolute atomic E-state index is 9.96. The second-order valence-electron chi connectivity index (χ2n) is 7.69. The largest absolute Gasteiger partial charge is 0.457 e. The van der Waals surface area contributed by atoms with E-state index in [2.05, 4.69) is 16.5 Å². The molecule has 0 saturated heterocycles. The van der Waals surface area contributed by atoms with E-state index in [0.717, 1.165) is 36.2 Å². The van der Waals surface area contributed by atoms with Gasteiger partial charge in [-0.05, 0) is 52.2 Å². The summed E-state index contributed by atoms with van der Waals surface area (Å²) in [5.41, 5.74) is 2.15. The highest BCUT2D eigenvalue weighted by Gasteiger charge is 2.21. The zero-order valence-corrected chi connectivity index (χ0v) is 16.2. The molecule has 5 nitrogen and oxygen atoms in total. The molecule has 2 aromatic heterocycles. The van der Waals surface area contributed by atoms with Gasteiger partial charge in [-0.1, -0.05) is 30.3 Å². The molecule has 0 radical (unpaired) electrons. The zero-order valence-electron chi connectivity index (χ0n) is 16.2. The lowest BCUT2D eigenvalue weighted by atomic mass is 9.99. The molecule has 2 N–H and O–H groups in total. The van der Waals surface area contributed by atoms with Crippen molar-refractivity contribution in [2.24, 2.45) is 0 Å². The molecule has 0 aliphatic carbocycles. The highest BCUT2D eigenvalue weighted by molar-refractivity contribution is 5.76. The Hall–Kier alpha value is -2.37. The Morgan fingerprint density at radius 3 is 2.52 bits per heavy atom. The summed E-state index contributed by atoms with van der Waals surface area (Å²) >= 11 is 0. The maximum Gasteiger partial charge on any atom is 0.153 e. The van der Waals surface area contributed by atoms with Crippen LogP contribution >= 0.6 is 0 Å². The van der Waals surface area contributed by atoms with Crippen molar-refractivity contribution in [3.8, 4) is 22.7 Å². The summed E-state index contributed by atoms with van der Waals surface area (Å²) in [6, 6.07) is 13.9. The van der Waals surface area contributed by atoms with Gasteiger partial charge in [0.1, 0.15) is 18.1 Å². The van der Waals surface area contributed by atoms with Gasteiger partial charge in [0.05, 0.1) is 17.6 Å². The van der Waals surface area contributed by atoms with E-state index in [-0.39, 0.29) is 12.6 Å². The third-order valence-electron chi connectivity index (χ3n) is 4.78. The highest BCUT2D eigenvalue weighted by Crippen LogP contribution is 2.35. The lowest BCUT2D eigenvalue weighted by molar-refractivity contribution is 0.0672. The van der Waals surface area contributed by atoms with Crippen LogP contribution in [0.5, 0.6) is 0 Å². The van der Waals surface area contributed by atoms with Crippen LogP contribution in [-0.4, -0.2) is 25.4 Å². The number of rotatable bonds is 8.